The van der Waals surface area contributed by atoms with E-state index in [0.29, 0.717) is 11.9 Å². The summed E-state index contributed by atoms with van der Waals surface area (Å²) in [5.74, 6) is 0.750. The van der Waals surface area contributed by atoms with Gasteiger partial charge in [-0.15, -0.1) is 0 Å². The molecule has 2 rings (SSSR count). The van der Waals surface area contributed by atoms with E-state index in [1.54, 1.807) is 11.9 Å². The topological polar surface area (TPSA) is 104 Å². The Bertz CT molecular complexity index is 370. The maximum absolute atomic E-state index is 9.47. The SMILES string of the molecule is CNc1nc(OC)nc(N2CC(O)C(O)C2)n1. The van der Waals surface area contributed by atoms with Crippen molar-refractivity contribution < 1.29 is 14.9 Å². The number of hydrogen-bond donors (Lipinski definition) is 3. The number of rotatable bonds is 3. The first-order valence-corrected chi connectivity index (χ1v) is 5.23. The molecule has 94 valence electrons. The number of anilines is 2. The Kier molecular flexibility index (Phi) is 3.25. The standard InChI is InChI=1S/C9H15N5O3/c1-10-7-11-8(13-9(12-7)17-2)14-3-5(15)6(16)4-14/h5-6,15-16H,3-4H2,1-2H3,(H,10,11,12,13). The molecule has 1 aromatic rings. The fraction of sp³-hybridized carbons (Fsp3) is 0.667. The number of aromatic nitrogens is 3. The molecule has 17 heavy (non-hydrogen) atoms. The summed E-state index contributed by atoms with van der Waals surface area (Å²) in [5, 5.41) is 21.7. The minimum Gasteiger partial charge on any atom is -0.467 e. The van der Waals surface area contributed by atoms with Crippen molar-refractivity contribution in [2.45, 2.75) is 12.2 Å². The number of nitrogens with zero attached hydrogens (tertiary/aromatic N) is 4. The number of methoxy groups -OCH3 is 1. The molecule has 0 bridgehead atoms. The van der Waals surface area contributed by atoms with Gasteiger partial charge in [-0.3, -0.25) is 0 Å². The van der Waals surface area contributed by atoms with Crippen LogP contribution in [0.3, 0.4) is 0 Å². The van der Waals surface area contributed by atoms with Gasteiger partial charge in [0.25, 0.3) is 0 Å². The molecule has 0 aliphatic carbocycles. The molecule has 0 spiro atoms. The summed E-state index contributed by atoms with van der Waals surface area (Å²) < 4.78 is 4.96. The molecule has 0 amide bonds. The van der Waals surface area contributed by atoms with Gasteiger partial charge in [-0.2, -0.15) is 15.0 Å². The number of β-amino-alcohol motifs (C(OH)–C–C–N with tert-alkyl or cyclic N) is 2. The maximum atomic E-state index is 9.47. The van der Waals surface area contributed by atoms with Crippen LogP contribution in [0.1, 0.15) is 0 Å². The molecular weight excluding hydrogens is 226 g/mol. The van der Waals surface area contributed by atoms with Gasteiger partial charge >= 0.3 is 6.01 Å². The first-order chi connectivity index (χ1) is 8.13. The summed E-state index contributed by atoms with van der Waals surface area (Å²) in [4.78, 5) is 13.9. The summed E-state index contributed by atoms with van der Waals surface area (Å²) in [5.41, 5.74) is 0. The van der Waals surface area contributed by atoms with Crippen molar-refractivity contribution in [1.82, 2.24) is 15.0 Å². The molecule has 2 heterocycles. The van der Waals surface area contributed by atoms with E-state index in [2.05, 4.69) is 20.3 Å². The molecular formula is C9H15N5O3. The van der Waals surface area contributed by atoms with E-state index in [-0.39, 0.29) is 19.1 Å². The van der Waals surface area contributed by atoms with Crippen LogP contribution in [0.2, 0.25) is 0 Å². The van der Waals surface area contributed by atoms with Gasteiger partial charge in [0, 0.05) is 20.1 Å². The zero-order valence-electron chi connectivity index (χ0n) is 9.66. The molecule has 0 saturated carbocycles. The third kappa shape index (κ3) is 2.37. The Labute approximate surface area is 98.3 Å². The fourth-order valence-corrected chi connectivity index (χ4v) is 1.62. The van der Waals surface area contributed by atoms with Crippen molar-refractivity contribution >= 4 is 11.9 Å². The molecule has 1 aliphatic rings. The van der Waals surface area contributed by atoms with E-state index >= 15 is 0 Å². The van der Waals surface area contributed by atoms with Crippen LogP contribution in [0.25, 0.3) is 0 Å². The van der Waals surface area contributed by atoms with Gasteiger partial charge in [0.2, 0.25) is 11.9 Å². The average molecular weight is 241 g/mol. The van der Waals surface area contributed by atoms with E-state index < -0.39 is 12.2 Å². The van der Waals surface area contributed by atoms with Crippen LogP contribution in [0.5, 0.6) is 6.01 Å². The van der Waals surface area contributed by atoms with E-state index in [4.69, 9.17) is 4.74 Å². The van der Waals surface area contributed by atoms with Crippen LogP contribution in [0.4, 0.5) is 11.9 Å². The van der Waals surface area contributed by atoms with Gasteiger partial charge in [-0.25, -0.2) is 0 Å². The van der Waals surface area contributed by atoms with Crippen LogP contribution in [-0.2, 0) is 0 Å². The highest BCUT2D eigenvalue weighted by atomic mass is 16.5. The fourth-order valence-electron chi connectivity index (χ4n) is 1.62. The van der Waals surface area contributed by atoms with E-state index in [1.165, 1.54) is 7.11 Å². The molecule has 3 N–H and O–H groups in total. The molecule has 8 heteroatoms. The highest BCUT2D eigenvalue weighted by Crippen LogP contribution is 2.19. The van der Waals surface area contributed by atoms with E-state index in [1.807, 2.05) is 0 Å². The van der Waals surface area contributed by atoms with Gasteiger partial charge in [-0.1, -0.05) is 0 Å². The second-order valence-corrected chi connectivity index (χ2v) is 3.74. The first kappa shape index (κ1) is 11.8. The molecule has 2 atom stereocenters. The van der Waals surface area contributed by atoms with Crippen molar-refractivity contribution in [3.05, 3.63) is 0 Å². The van der Waals surface area contributed by atoms with Crippen LogP contribution < -0.4 is 15.0 Å². The zero-order valence-corrected chi connectivity index (χ0v) is 9.66. The highest BCUT2D eigenvalue weighted by Gasteiger charge is 2.31. The summed E-state index contributed by atoms with van der Waals surface area (Å²) in [6, 6.07) is 0.190. The second-order valence-electron chi connectivity index (χ2n) is 3.74. The van der Waals surface area contributed by atoms with Gasteiger partial charge < -0.3 is 25.2 Å². The summed E-state index contributed by atoms with van der Waals surface area (Å²) in [6.07, 6.45) is -1.56. The lowest BCUT2D eigenvalue weighted by molar-refractivity contribution is 0.0572. The summed E-state index contributed by atoms with van der Waals surface area (Å²) in [6.45, 7) is 0.578. The first-order valence-electron chi connectivity index (χ1n) is 5.23. The van der Waals surface area contributed by atoms with Crippen molar-refractivity contribution in [2.24, 2.45) is 0 Å². The molecule has 1 aromatic heterocycles. The third-order valence-electron chi connectivity index (χ3n) is 2.55. The van der Waals surface area contributed by atoms with Crippen molar-refractivity contribution in [3.8, 4) is 6.01 Å². The van der Waals surface area contributed by atoms with E-state index in [0.717, 1.165) is 0 Å². The molecule has 1 saturated heterocycles. The van der Waals surface area contributed by atoms with E-state index in [9.17, 15) is 10.2 Å². The molecule has 2 unspecified atom stereocenters. The predicted octanol–water partition coefficient (Wildman–Crippen LogP) is -1.54. The van der Waals surface area contributed by atoms with Gasteiger partial charge in [0.05, 0.1) is 19.3 Å². The van der Waals surface area contributed by atoms with Crippen LogP contribution in [0.15, 0.2) is 0 Å². The van der Waals surface area contributed by atoms with Crippen molar-refractivity contribution in [1.29, 1.82) is 0 Å². The summed E-state index contributed by atoms with van der Waals surface area (Å²) >= 11 is 0. The Hall–Kier alpha value is -1.67. The van der Waals surface area contributed by atoms with Crippen molar-refractivity contribution in [2.75, 3.05) is 37.5 Å². The number of aliphatic hydroxyl groups is 2. The smallest absolute Gasteiger partial charge is 0.322 e. The van der Waals surface area contributed by atoms with Gasteiger partial charge in [-0.05, 0) is 0 Å². The lowest BCUT2D eigenvalue weighted by atomic mass is 10.3. The molecule has 0 aromatic carbocycles. The van der Waals surface area contributed by atoms with Gasteiger partial charge in [0.1, 0.15) is 0 Å². The lowest BCUT2D eigenvalue weighted by Crippen LogP contribution is -2.24. The maximum Gasteiger partial charge on any atom is 0.322 e. The monoisotopic (exact) mass is 241 g/mol. The second kappa shape index (κ2) is 4.68. The highest BCUT2D eigenvalue weighted by molar-refractivity contribution is 5.39. The minimum atomic E-state index is -0.782. The molecule has 1 fully saturated rings. The Morgan fingerprint density at radius 1 is 1.24 bits per heavy atom. The predicted molar refractivity (Wildman–Crippen MR) is 60.2 cm³/mol. The molecule has 8 nitrogen and oxygen atoms in total. The average Bonchev–Trinajstić information content (AvgIpc) is 2.69. The largest absolute Gasteiger partial charge is 0.467 e. The summed E-state index contributed by atoms with van der Waals surface area (Å²) in [7, 11) is 3.15. The van der Waals surface area contributed by atoms with Crippen LogP contribution in [-0.4, -0.2) is 64.6 Å². The molecule has 0 radical (unpaired) electrons. The Morgan fingerprint density at radius 3 is 2.41 bits per heavy atom. The Morgan fingerprint density at radius 2 is 1.88 bits per heavy atom. The number of ether oxygens (including phenoxy) is 1. The van der Waals surface area contributed by atoms with Crippen LogP contribution >= 0.6 is 0 Å². The molecule has 1 aliphatic heterocycles. The van der Waals surface area contributed by atoms with Crippen molar-refractivity contribution in [3.63, 3.8) is 0 Å². The minimum absolute atomic E-state index is 0.190. The zero-order chi connectivity index (χ0) is 12.4. The number of nitrogens with one attached hydrogen (secondary N) is 1. The quantitative estimate of drug-likeness (QED) is 0.585. The van der Waals surface area contributed by atoms with Gasteiger partial charge in [0.15, 0.2) is 0 Å². The normalized spacial score (nSPS) is 23.9. The number of hydrogen-bond acceptors (Lipinski definition) is 8. The lowest BCUT2D eigenvalue weighted by Gasteiger charge is -2.15. The Balaban J connectivity index is 2.26. The number of aliphatic hydroxyl groups excluding tert-OH is 2. The third-order valence-corrected chi connectivity index (χ3v) is 2.55. The van der Waals surface area contributed by atoms with Crippen LogP contribution in [0, 0.1) is 0 Å².